The molecule has 1 atom stereocenters. The van der Waals surface area contributed by atoms with E-state index < -0.39 is 6.04 Å². The molecule has 2 aromatic carbocycles. The van der Waals surface area contributed by atoms with Gasteiger partial charge in [0.1, 0.15) is 11.8 Å². The maximum absolute atomic E-state index is 12.4. The smallest absolute Gasteiger partial charge is 0.261 e. The number of benzene rings is 2. The Hall–Kier alpha value is -2.84. The van der Waals surface area contributed by atoms with Gasteiger partial charge in [-0.15, -0.1) is 0 Å². The number of amides is 1. The van der Waals surface area contributed by atoms with Crippen molar-refractivity contribution < 1.29 is 14.3 Å². The lowest BCUT2D eigenvalue weighted by Crippen LogP contribution is -2.49. The summed E-state index contributed by atoms with van der Waals surface area (Å²) < 4.78 is 11.0. The number of morpholine rings is 1. The molecule has 0 unspecified atom stereocenters. The van der Waals surface area contributed by atoms with Crippen LogP contribution in [0.5, 0.6) is 5.75 Å². The summed E-state index contributed by atoms with van der Waals surface area (Å²) in [5.74, 6) is 0.505. The minimum atomic E-state index is -0.538. The molecule has 1 amide bonds. The number of carbonyl (C=O) groups is 1. The molecule has 0 aromatic heterocycles. The van der Waals surface area contributed by atoms with Crippen molar-refractivity contribution in [3.8, 4) is 11.8 Å². The Balaban J connectivity index is 1.65. The van der Waals surface area contributed by atoms with Crippen molar-refractivity contribution in [3.05, 3.63) is 65.7 Å². The SMILES string of the molecule is N#C[C@H]1COCCN1C(=O)COc1ccccc1Cc1ccccc1. The third kappa shape index (κ3) is 4.37. The van der Waals surface area contributed by atoms with Crippen molar-refractivity contribution in [2.75, 3.05) is 26.4 Å². The quantitative estimate of drug-likeness (QED) is 0.841. The number of hydrogen-bond acceptors (Lipinski definition) is 4. The van der Waals surface area contributed by atoms with E-state index in [0.717, 1.165) is 12.0 Å². The van der Waals surface area contributed by atoms with Crippen LogP contribution in [0.25, 0.3) is 0 Å². The Bertz CT molecular complexity index is 755. The van der Waals surface area contributed by atoms with Gasteiger partial charge in [-0.25, -0.2) is 0 Å². The number of carbonyl (C=O) groups excluding carboxylic acids is 1. The van der Waals surface area contributed by atoms with Crippen LogP contribution in [0.3, 0.4) is 0 Å². The van der Waals surface area contributed by atoms with Crippen molar-refractivity contribution in [2.45, 2.75) is 12.5 Å². The first-order valence-corrected chi connectivity index (χ1v) is 8.29. The zero-order valence-electron chi connectivity index (χ0n) is 13.9. The summed E-state index contributed by atoms with van der Waals surface area (Å²) in [5.41, 5.74) is 2.21. The van der Waals surface area contributed by atoms with Crippen LogP contribution < -0.4 is 4.74 Å². The highest BCUT2D eigenvalue weighted by Crippen LogP contribution is 2.21. The molecular weight excluding hydrogens is 316 g/mol. The largest absolute Gasteiger partial charge is 0.483 e. The van der Waals surface area contributed by atoms with Gasteiger partial charge in [0, 0.05) is 13.0 Å². The molecular formula is C20H20N2O3. The molecule has 0 spiro atoms. The standard InChI is InChI=1S/C20H20N2O3/c21-13-18-14-24-11-10-22(18)20(23)15-25-19-9-5-4-8-17(19)12-16-6-2-1-3-7-16/h1-9,18H,10-12,14-15H2/t18-/m0/s1. The Labute approximate surface area is 147 Å². The zero-order chi connectivity index (χ0) is 17.5. The third-order valence-corrected chi connectivity index (χ3v) is 4.16. The number of nitriles is 1. The fourth-order valence-corrected chi connectivity index (χ4v) is 2.84. The van der Waals surface area contributed by atoms with Crippen LogP contribution >= 0.6 is 0 Å². The van der Waals surface area contributed by atoms with Crippen LogP contribution in [0.2, 0.25) is 0 Å². The summed E-state index contributed by atoms with van der Waals surface area (Å²) >= 11 is 0. The lowest BCUT2D eigenvalue weighted by molar-refractivity contribution is -0.139. The van der Waals surface area contributed by atoms with E-state index in [9.17, 15) is 4.79 Å². The number of nitrogens with zero attached hydrogens (tertiary/aromatic N) is 2. The number of ether oxygens (including phenoxy) is 2. The van der Waals surface area contributed by atoms with Crippen LogP contribution in [0.4, 0.5) is 0 Å². The minimum Gasteiger partial charge on any atom is -0.483 e. The second-order valence-corrected chi connectivity index (χ2v) is 5.87. The topological polar surface area (TPSA) is 62.6 Å². The molecule has 0 saturated carbocycles. The summed E-state index contributed by atoms with van der Waals surface area (Å²) in [7, 11) is 0. The maximum Gasteiger partial charge on any atom is 0.261 e. The Morgan fingerprint density at radius 2 is 1.96 bits per heavy atom. The third-order valence-electron chi connectivity index (χ3n) is 4.16. The molecule has 0 bridgehead atoms. The normalized spacial score (nSPS) is 16.9. The van der Waals surface area contributed by atoms with Gasteiger partial charge in [-0.3, -0.25) is 4.79 Å². The van der Waals surface area contributed by atoms with Crippen molar-refractivity contribution in [1.82, 2.24) is 4.90 Å². The van der Waals surface area contributed by atoms with Gasteiger partial charge in [0.25, 0.3) is 5.91 Å². The van der Waals surface area contributed by atoms with Crippen LogP contribution in [-0.2, 0) is 16.0 Å². The van der Waals surface area contributed by atoms with Crippen LogP contribution in [-0.4, -0.2) is 43.2 Å². The number of hydrogen-bond donors (Lipinski definition) is 0. The van der Waals surface area contributed by atoms with Crippen LogP contribution in [0.1, 0.15) is 11.1 Å². The monoisotopic (exact) mass is 336 g/mol. The summed E-state index contributed by atoms with van der Waals surface area (Å²) in [6.45, 7) is 1.05. The van der Waals surface area contributed by atoms with Crippen LogP contribution in [0, 0.1) is 11.3 Å². The van der Waals surface area contributed by atoms with Crippen LogP contribution in [0.15, 0.2) is 54.6 Å². The van der Waals surface area contributed by atoms with Gasteiger partial charge in [-0.05, 0) is 17.2 Å². The predicted octanol–water partition coefficient (Wildman–Crippen LogP) is 2.41. The maximum atomic E-state index is 12.4. The van der Waals surface area contributed by atoms with Crippen molar-refractivity contribution in [2.24, 2.45) is 0 Å². The van der Waals surface area contributed by atoms with Gasteiger partial charge in [0.2, 0.25) is 0 Å². The zero-order valence-corrected chi connectivity index (χ0v) is 13.9. The summed E-state index contributed by atoms with van der Waals surface area (Å²) in [4.78, 5) is 13.9. The van der Waals surface area contributed by atoms with Crippen molar-refractivity contribution in [3.63, 3.8) is 0 Å². The van der Waals surface area contributed by atoms with E-state index >= 15 is 0 Å². The molecule has 25 heavy (non-hydrogen) atoms. The van der Waals surface area contributed by atoms with E-state index in [1.54, 1.807) is 0 Å². The van der Waals surface area contributed by atoms with Gasteiger partial charge in [-0.2, -0.15) is 5.26 Å². The molecule has 1 heterocycles. The minimum absolute atomic E-state index is 0.0794. The molecule has 1 fully saturated rings. The first kappa shape index (κ1) is 17.0. The van der Waals surface area contributed by atoms with Gasteiger partial charge >= 0.3 is 0 Å². The van der Waals surface area contributed by atoms with E-state index in [1.807, 2.05) is 42.5 Å². The highest BCUT2D eigenvalue weighted by Gasteiger charge is 2.27. The fourth-order valence-electron chi connectivity index (χ4n) is 2.84. The molecule has 0 aliphatic carbocycles. The lowest BCUT2D eigenvalue weighted by Gasteiger charge is -2.31. The molecule has 1 saturated heterocycles. The average Bonchev–Trinajstić information content (AvgIpc) is 2.68. The summed E-state index contributed by atoms with van der Waals surface area (Å²) in [5, 5.41) is 9.14. The summed E-state index contributed by atoms with van der Waals surface area (Å²) in [6.07, 6.45) is 0.740. The molecule has 1 aliphatic rings. The fraction of sp³-hybridized carbons (Fsp3) is 0.300. The van der Waals surface area contributed by atoms with Crippen molar-refractivity contribution >= 4 is 5.91 Å². The Morgan fingerprint density at radius 3 is 2.76 bits per heavy atom. The molecule has 5 heteroatoms. The summed E-state index contributed by atoms with van der Waals surface area (Å²) in [6, 6.07) is 19.4. The number of rotatable bonds is 5. The second-order valence-electron chi connectivity index (χ2n) is 5.87. The molecule has 1 aliphatic heterocycles. The van der Waals surface area contributed by atoms with E-state index in [4.69, 9.17) is 14.7 Å². The molecule has 128 valence electrons. The lowest BCUT2D eigenvalue weighted by atomic mass is 10.0. The van der Waals surface area contributed by atoms with E-state index in [1.165, 1.54) is 10.5 Å². The van der Waals surface area contributed by atoms with Gasteiger partial charge in [-0.1, -0.05) is 48.5 Å². The molecule has 3 rings (SSSR count). The van der Waals surface area contributed by atoms with E-state index in [-0.39, 0.29) is 19.1 Å². The van der Waals surface area contributed by atoms with E-state index in [2.05, 4.69) is 18.2 Å². The second kappa shape index (κ2) is 8.32. The molecule has 5 nitrogen and oxygen atoms in total. The number of para-hydroxylation sites is 1. The van der Waals surface area contributed by atoms with Gasteiger partial charge < -0.3 is 14.4 Å². The first-order chi connectivity index (χ1) is 12.3. The molecule has 2 aromatic rings. The van der Waals surface area contributed by atoms with Gasteiger partial charge in [0.05, 0.1) is 19.3 Å². The predicted molar refractivity (Wildman–Crippen MR) is 93.1 cm³/mol. The average molecular weight is 336 g/mol. The van der Waals surface area contributed by atoms with Crippen molar-refractivity contribution in [1.29, 1.82) is 5.26 Å². The Kier molecular flexibility index (Phi) is 5.65. The molecule has 0 radical (unpaired) electrons. The van der Waals surface area contributed by atoms with E-state index in [0.29, 0.717) is 18.9 Å². The Morgan fingerprint density at radius 1 is 1.20 bits per heavy atom. The highest BCUT2D eigenvalue weighted by atomic mass is 16.5. The molecule has 0 N–H and O–H groups in total. The first-order valence-electron chi connectivity index (χ1n) is 8.29. The van der Waals surface area contributed by atoms with Gasteiger partial charge in [0.15, 0.2) is 6.61 Å². The highest BCUT2D eigenvalue weighted by molar-refractivity contribution is 5.78.